The molecule has 0 saturated heterocycles. The SMILES string of the molecule is Cc1ccc(/C=N\NC(=O)[C@@H](C)O)cc1. The number of benzene rings is 1. The summed E-state index contributed by atoms with van der Waals surface area (Å²) in [6, 6.07) is 7.70. The lowest BCUT2D eigenvalue weighted by molar-refractivity contribution is -0.128. The van der Waals surface area contributed by atoms with Gasteiger partial charge in [-0.15, -0.1) is 0 Å². The molecule has 0 aliphatic carbocycles. The number of nitrogens with zero attached hydrogens (tertiary/aromatic N) is 1. The molecule has 0 unspecified atom stereocenters. The fraction of sp³-hybridized carbons (Fsp3) is 0.273. The third kappa shape index (κ3) is 3.91. The lowest BCUT2D eigenvalue weighted by Crippen LogP contribution is -2.28. The minimum Gasteiger partial charge on any atom is -0.383 e. The van der Waals surface area contributed by atoms with Crippen LogP contribution in [0.1, 0.15) is 18.1 Å². The predicted molar refractivity (Wildman–Crippen MR) is 58.6 cm³/mol. The number of nitrogens with one attached hydrogen (secondary N) is 1. The van der Waals surface area contributed by atoms with E-state index >= 15 is 0 Å². The molecule has 4 nitrogen and oxygen atoms in total. The molecular formula is C11H14N2O2. The molecule has 0 heterocycles. The second kappa shape index (κ2) is 5.26. The molecule has 1 aromatic rings. The standard InChI is InChI=1S/C11H14N2O2/c1-8-3-5-10(6-4-8)7-12-13-11(15)9(2)14/h3-7,9,14H,1-2H3,(H,13,15)/b12-7-/t9-/m1/s1. The van der Waals surface area contributed by atoms with Crippen molar-refractivity contribution in [1.29, 1.82) is 0 Å². The zero-order chi connectivity index (χ0) is 11.3. The highest BCUT2D eigenvalue weighted by atomic mass is 16.3. The van der Waals surface area contributed by atoms with E-state index in [0.717, 1.165) is 5.56 Å². The van der Waals surface area contributed by atoms with E-state index in [1.807, 2.05) is 31.2 Å². The minimum absolute atomic E-state index is 0.515. The largest absolute Gasteiger partial charge is 0.383 e. The van der Waals surface area contributed by atoms with Crippen LogP contribution in [0.25, 0.3) is 0 Å². The van der Waals surface area contributed by atoms with Gasteiger partial charge in [-0.2, -0.15) is 5.10 Å². The summed E-state index contributed by atoms with van der Waals surface area (Å²) < 4.78 is 0. The summed E-state index contributed by atoms with van der Waals surface area (Å²) in [5.74, 6) is -0.515. The number of amides is 1. The van der Waals surface area contributed by atoms with Crippen molar-refractivity contribution >= 4 is 12.1 Å². The lowest BCUT2D eigenvalue weighted by atomic mass is 10.2. The van der Waals surface area contributed by atoms with Gasteiger partial charge in [0, 0.05) is 0 Å². The van der Waals surface area contributed by atoms with Crippen LogP contribution in [0, 0.1) is 6.92 Å². The molecule has 0 radical (unpaired) electrons. The van der Waals surface area contributed by atoms with E-state index in [-0.39, 0.29) is 0 Å². The van der Waals surface area contributed by atoms with E-state index < -0.39 is 12.0 Å². The van der Waals surface area contributed by atoms with Crippen LogP contribution >= 0.6 is 0 Å². The zero-order valence-electron chi connectivity index (χ0n) is 8.77. The van der Waals surface area contributed by atoms with Gasteiger partial charge >= 0.3 is 0 Å². The summed E-state index contributed by atoms with van der Waals surface area (Å²) in [5, 5.41) is 12.6. The highest BCUT2D eigenvalue weighted by molar-refractivity contribution is 5.83. The molecule has 1 rings (SSSR count). The lowest BCUT2D eigenvalue weighted by Gasteiger charge is -2.00. The normalized spacial score (nSPS) is 12.7. The first-order chi connectivity index (χ1) is 7.09. The molecule has 0 aromatic heterocycles. The third-order valence-corrected chi connectivity index (χ3v) is 1.85. The van der Waals surface area contributed by atoms with Crippen LogP contribution < -0.4 is 5.43 Å². The fourth-order valence-electron chi connectivity index (χ4n) is 0.916. The molecule has 0 fully saturated rings. The molecule has 0 aliphatic rings. The molecule has 15 heavy (non-hydrogen) atoms. The van der Waals surface area contributed by atoms with Gasteiger partial charge in [0.2, 0.25) is 0 Å². The summed E-state index contributed by atoms with van der Waals surface area (Å²) in [6.07, 6.45) is 0.486. The maximum Gasteiger partial charge on any atom is 0.268 e. The summed E-state index contributed by atoms with van der Waals surface area (Å²) in [5.41, 5.74) is 4.29. The number of aryl methyl sites for hydroxylation is 1. The van der Waals surface area contributed by atoms with Gasteiger partial charge in [-0.3, -0.25) is 4.79 Å². The molecule has 4 heteroatoms. The Bertz CT molecular complexity index is 355. The summed E-state index contributed by atoms with van der Waals surface area (Å²) >= 11 is 0. The Kier molecular flexibility index (Phi) is 4.00. The van der Waals surface area contributed by atoms with Crippen LogP contribution in [0.3, 0.4) is 0 Å². The fourth-order valence-corrected chi connectivity index (χ4v) is 0.916. The molecule has 1 amide bonds. The van der Waals surface area contributed by atoms with Gasteiger partial charge in [-0.25, -0.2) is 5.43 Å². The van der Waals surface area contributed by atoms with Crippen molar-refractivity contribution in [1.82, 2.24) is 5.43 Å². The Morgan fingerprint density at radius 3 is 2.60 bits per heavy atom. The number of hydrogen-bond donors (Lipinski definition) is 2. The Balaban J connectivity index is 2.51. The molecule has 0 bridgehead atoms. The van der Waals surface area contributed by atoms with Crippen LogP contribution in [-0.4, -0.2) is 23.3 Å². The second-order valence-electron chi connectivity index (χ2n) is 3.32. The topological polar surface area (TPSA) is 61.7 Å². The smallest absolute Gasteiger partial charge is 0.268 e. The quantitative estimate of drug-likeness (QED) is 0.568. The average molecular weight is 206 g/mol. The van der Waals surface area contributed by atoms with E-state index in [1.54, 1.807) is 0 Å². The first-order valence-electron chi connectivity index (χ1n) is 4.67. The average Bonchev–Trinajstić information content (AvgIpc) is 2.20. The van der Waals surface area contributed by atoms with Crippen molar-refractivity contribution in [3.8, 4) is 0 Å². The molecule has 80 valence electrons. The van der Waals surface area contributed by atoms with Crippen molar-refractivity contribution in [3.63, 3.8) is 0 Å². The Morgan fingerprint density at radius 1 is 1.47 bits per heavy atom. The number of carbonyl (C=O) groups excluding carboxylic acids is 1. The molecule has 0 saturated carbocycles. The van der Waals surface area contributed by atoms with Gasteiger partial charge in [0.05, 0.1) is 6.21 Å². The molecular weight excluding hydrogens is 192 g/mol. The van der Waals surface area contributed by atoms with Crippen molar-refractivity contribution in [2.45, 2.75) is 20.0 Å². The summed E-state index contributed by atoms with van der Waals surface area (Å²) in [6.45, 7) is 3.38. The highest BCUT2D eigenvalue weighted by Crippen LogP contribution is 1.99. The summed E-state index contributed by atoms with van der Waals surface area (Å²) in [4.78, 5) is 10.9. The van der Waals surface area contributed by atoms with Gasteiger partial charge in [-0.1, -0.05) is 29.8 Å². The van der Waals surface area contributed by atoms with Crippen LogP contribution in [0.15, 0.2) is 29.4 Å². The van der Waals surface area contributed by atoms with Crippen molar-refractivity contribution in [2.75, 3.05) is 0 Å². The first-order valence-corrected chi connectivity index (χ1v) is 4.67. The van der Waals surface area contributed by atoms with Crippen LogP contribution in [0.5, 0.6) is 0 Å². The molecule has 1 aromatic carbocycles. The number of hydrogen-bond acceptors (Lipinski definition) is 3. The molecule has 1 atom stereocenters. The van der Waals surface area contributed by atoms with Crippen molar-refractivity contribution in [2.24, 2.45) is 5.10 Å². The minimum atomic E-state index is -1.04. The number of aliphatic hydroxyl groups is 1. The zero-order valence-corrected chi connectivity index (χ0v) is 8.77. The number of rotatable bonds is 3. The number of carbonyl (C=O) groups is 1. The maximum atomic E-state index is 10.9. The van der Waals surface area contributed by atoms with Gasteiger partial charge in [0.15, 0.2) is 0 Å². The third-order valence-electron chi connectivity index (χ3n) is 1.85. The predicted octanol–water partition coefficient (Wildman–Crippen LogP) is 0.826. The molecule has 2 N–H and O–H groups in total. The Hall–Kier alpha value is -1.68. The van der Waals surface area contributed by atoms with E-state index in [4.69, 9.17) is 5.11 Å². The van der Waals surface area contributed by atoms with E-state index in [0.29, 0.717) is 0 Å². The van der Waals surface area contributed by atoms with Gasteiger partial charge in [0.25, 0.3) is 5.91 Å². The molecule has 0 spiro atoms. The van der Waals surface area contributed by atoms with Gasteiger partial charge in [-0.05, 0) is 19.4 Å². The Morgan fingerprint density at radius 2 is 2.07 bits per heavy atom. The first kappa shape index (κ1) is 11.4. The monoisotopic (exact) mass is 206 g/mol. The number of hydrazone groups is 1. The van der Waals surface area contributed by atoms with Gasteiger partial charge in [0.1, 0.15) is 6.10 Å². The van der Waals surface area contributed by atoms with E-state index in [9.17, 15) is 4.79 Å². The summed E-state index contributed by atoms with van der Waals surface area (Å²) in [7, 11) is 0. The maximum absolute atomic E-state index is 10.9. The van der Waals surface area contributed by atoms with E-state index in [2.05, 4.69) is 10.5 Å². The highest BCUT2D eigenvalue weighted by Gasteiger charge is 2.05. The second-order valence-corrected chi connectivity index (χ2v) is 3.32. The van der Waals surface area contributed by atoms with E-state index in [1.165, 1.54) is 18.7 Å². The van der Waals surface area contributed by atoms with Gasteiger partial charge < -0.3 is 5.11 Å². The Labute approximate surface area is 88.6 Å². The molecule has 0 aliphatic heterocycles. The van der Waals surface area contributed by atoms with Crippen molar-refractivity contribution < 1.29 is 9.90 Å². The number of aliphatic hydroxyl groups excluding tert-OH is 1. The van der Waals surface area contributed by atoms with Crippen LogP contribution in [0.4, 0.5) is 0 Å². The van der Waals surface area contributed by atoms with Crippen LogP contribution in [-0.2, 0) is 4.79 Å². The van der Waals surface area contributed by atoms with Crippen LogP contribution in [0.2, 0.25) is 0 Å². The van der Waals surface area contributed by atoms with Crippen molar-refractivity contribution in [3.05, 3.63) is 35.4 Å².